The van der Waals surface area contributed by atoms with Crippen molar-refractivity contribution in [1.29, 1.82) is 0 Å². The Morgan fingerprint density at radius 2 is 2.08 bits per heavy atom. The van der Waals surface area contributed by atoms with E-state index in [-0.39, 0.29) is 11.5 Å². The Kier molecular flexibility index (Phi) is 5.01. The molecule has 7 nitrogen and oxygen atoms in total. The molecule has 2 aromatic heterocycles. The smallest absolute Gasteiger partial charge is 0.255 e. The number of hydrogen-bond acceptors (Lipinski definition) is 4. The Balaban J connectivity index is 1.86. The molecular formula is C18H25N5O2. The van der Waals surface area contributed by atoms with Crippen molar-refractivity contribution < 1.29 is 4.79 Å². The minimum atomic E-state index is -0.165. The molecule has 0 bridgehead atoms. The highest BCUT2D eigenvalue weighted by atomic mass is 16.1. The summed E-state index contributed by atoms with van der Waals surface area (Å²) in [5.41, 5.74) is 1.93. The fraction of sp³-hybridized carbons (Fsp3) is 0.556. The minimum absolute atomic E-state index is 0.0164. The van der Waals surface area contributed by atoms with Crippen molar-refractivity contribution in [1.82, 2.24) is 19.7 Å². The number of H-pyrrole nitrogens is 1. The third-order valence-corrected chi connectivity index (χ3v) is 4.81. The summed E-state index contributed by atoms with van der Waals surface area (Å²) in [6.07, 6.45) is 5.82. The molecule has 0 aliphatic heterocycles. The first kappa shape index (κ1) is 17.4. The molecule has 3 rings (SSSR count). The molecule has 2 heterocycles. The van der Waals surface area contributed by atoms with E-state index in [1.165, 1.54) is 17.5 Å². The topological polar surface area (TPSA) is 92.7 Å². The maximum Gasteiger partial charge on any atom is 0.255 e. The third kappa shape index (κ3) is 3.81. The number of carbonyl (C=O) groups is 1. The van der Waals surface area contributed by atoms with Gasteiger partial charge >= 0.3 is 0 Å². The Bertz CT molecular complexity index is 830. The van der Waals surface area contributed by atoms with Gasteiger partial charge in [0, 0.05) is 23.7 Å². The number of rotatable bonds is 5. The van der Waals surface area contributed by atoms with Crippen molar-refractivity contribution in [2.75, 3.05) is 5.32 Å². The summed E-state index contributed by atoms with van der Waals surface area (Å²) in [4.78, 5) is 31.8. The van der Waals surface area contributed by atoms with Crippen LogP contribution in [0.2, 0.25) is 0 Å². The predicted octanol–water partition coefficient (Wildman–Crippen LogP) is 2.65. The normalized spacial score (nSPS) is 14.8. The highest BCUT2D eigenvalue weighted by Crippen LogP contribution is 2.28. The van der Waals surface area contributed by atoms with Crippen LogP contribution in [0.1, 0.15) is 56.0 Å². The van der Waals surface area contributed by atoms with E-state index in [2.05, 4.69) is 20.4 Å². The molecule has 0 atom stereocenters. The van der Waals surface area contributed by atoms with E-state index in [0.29, 0.717) is 41.8 Å². The van der Waals surface area contributed by atoms with Crippen LogP contribution in [0.15, 0.2) is 10.9 Å². The van der Waals surface area contributed by atoms with Crippen molar-refractivity contribution in [3.63, 3.8) is 0 Å². The van der Waals surface area contributed by atoms with E-state index in [0.717, 1.165) is 18.5 Å². The SMILES string of the molecule is CCc1c(C)nc(-n2nc(C)cc2NC(=O)CC2CCCC2)[nH]c1=O. The molecule has 2 N–H and O–H groups in total. The van der Waals surface area contributed by atoms with Crippen LogP contribution in [-0.4, -0.2) is 25.7 Å². The molecule has 0 saturated heterocycles. The van der Waals surface area contributed by atoms with Gasteiger partial charge in [-0.15, -0.1) is 0 Å². The maximum absolute atomic E-state index is 12.4. The maximum atomic E-state index is 12.4. The highest BCUT2D eigenvalue weighted by molar-refractivity contribution is 5.90. The number of aryl methyl sites for hydroxylation is 2. The van der Waals surface area contributed by atoms with Gasteiger partial charge in [0.2, 0.25) is 11.9 Å². The predicted molar refractivity (Wildman–Crippen MR) is 96.0 cm³/mol. The summed E-state index contributed by atoms with van der Waals surface area (Å²) in [5, 5.41) is 7.30. The van der Waals surface area contributed by atoms with Crippen LogP contribution < -0.4 is 10.9 Å². The first-order valence-corrected chi connectivity index (χ1v) is 8.94. The summed E-state index contributed by atoms with van der Waals surface area (Å²) in [5.74, 6) is 1.31. The van der Waals surface area contributed by atoms with E-state index >= 15 is 0 Å². The van der Waals surface area contributed by atoms with Crippen molar-refractivity contribution in [3.8, 4) is 5.95 Å². The Hall–Kier alpha value is -2.44. The lowest BCUT2D eigenvalue weighted by molar-refractivity contribution is -0.117. The highest BCUT2D eigenvalue weighted by Gasteiger charge is 2.20. The van der Waals surface area contributed by atoms with E-state index in [1.807, 2.05) is 20.8 Å². The number of aromatic nitrogens is 4. The lowest BCUT2D eigenvalue weighted by Crippen LogP contribution is -2.22. The molecule has 1 fully saturated rings. The number of anilines is 1. The molecule has 7 heteroatoms. The molecule has 1 saturated carbocycles. The number of nitrogens with zero attached hydrogens (tertiary/aromatic N) is 3. The first-order chi connectivity index (χ1) is 12.0. The van der Waals surface area contributed by atoms with Gasteiger partial charge in [-0.05, 0) is 39.0 Å². The molecular weight excluding hydrogens is 318 g/mol. The molecule has 1 amide bonds. The van der Waals surface area contributed by atoms with Gasteiger partial charge < -0.3 is 5.32 Å². The van der Waals surface area contributed by atoms with Crippen LogP contribution in [-0.2, 0) is 11.2 Å². The van der Waals surface area contributed by atoms with E-state index in [1.54, 1.807) is 6.07 Å². The average Bonchev–Trinajstić information content (AvgIpc) is 3.16. The molecule has 0 unspecified atom stereocenters. The van der Waals surface area contributed by atoms with Crippen molar-refractivity contribution in [3.05, 3.63) is 33.4 Å². The quantitative estimate of drug-likeness (QED) is 0.873. The Morgan fingerprint density at radius 3 is 2.72 bits per heavy atom. The Morgan fingerprint density at radius 1 is 1.36 bits per heavy atom. The van der Waals surface area contributed by atoms with Crippen molar-refractivity contribution in [2.45, 2.75) is 59.3 Å². The van der Waals surface area contributed by atoms with Crippen LogP contribution >= 0.6 is 0 Å². The average molecular weight is 343 g/mol. The van der Waals surface area contributed by atoms with Gasteiger partial charge in [-0.1, -0.05) is 19.8 Å². The minimum Gasteiger partial charge on any atom is -0.310 e. The van der Waals surface area contributed by atoms with Crippen molar-refractivity contribution in [2.24, 2.45) is 5.92 Å². The summed E-state index contributed by atoms with van der Waals surface area (Å²) >= 11 is 0. The van der Waals surface area contributed by atoms with Crippen LogP contribution in [0.25, 0.3) is 5.95 Å². The molecule has 1 aliphatic carbocycles. The molecule has 0 spiro atoms. The van der Waals surface area contributed by atoms with Gasteiger partial charge in [-0.3, -0.25) is 14.6 Å². The molecule has 0 radical (unpaired) electrons. The standard InChI is InChI=1S/C18H25N5O2/c1-4-14-12(3)19-18(21-17(14)25)23-15(9-11(2)22-23)20-16(24)10-13-7-5-6-8-13/h9,13H,4-8,10H2,1-3H3,(H,20,24)(H,19,21,25). The fourth-order valence-corrected chi connectivity index (χ4v) is 3.53. The number of carbonyl (C=O) groups excluding carboxylic acids is 1. The van der Waals surface area contributed by atoms with Gasteiger partial charge in [0.05, 0.1) is 5.69 Å². The van der Waals surface area contributed by atoms with Crippen LogP contribution in [0.3, 0.4) is 0 Å². The zero-order chi connectivity index (χ0) is 18.0. The van der Waals surface area contributed by atoms with Gasteiger partial charge in [0.1, 0.15) is 5.82 Å². The second kappa shape index (κ2) is 7.21. The zero-order valence-electron chi connectivity index (χ0n) is 15.1. The first-order valence-electron chi connectivity index (χ1n) is 8.94. The lowest BCUT2D eigenvalue weighted by Gasteiger charge is -2.11. The lowest BCUT2D eigenvalue weighted by atomic mass is 10.0. The largest absolute Gasteiger partial charge is 0.310 e. The van der Waals surface area contributed by atoms with Crippen LogP contribution in [0.4, 0.5) is 5.82 Å². The van der Waals surface area contributed by atoms with Gasteiger partial charge in [-0.25, -0.2) is 4.98 Å². The molecule has 25 heavy (non-hydrogen) atoms. The molecule has 0 aromatic carbocycles. The number of aromatic amines is 1. The number of nitrogens with one attached hydrogen (secondary N) is 2. The summed E-state index contributed by atoms with van der Waals surface area (Å²) in [7, 11) is 0. The fourth-order valence-electron chi connectivity index (χ4n) is 3.53. The zero-order valence-corrected chi connectivity index (χ0v) is 15.1. The van der Waals surface area contributed by atoms with Crippen LogP contribution in [0, 0.1) is 19.8 Å². The van der Waals surface area contributed by atoms with E-state index in [4.69, 9.17) is 0 Å². The van der Waals surface area contributed by atoms with Crippen LogP contribution in [0.5, 0.6) is 0 Å². The Labute approximate surface area is 146 Å². The van der Waals surface area contributed by atoms with Gasteiger partial charge in [0.15, 0.2) is 0 Å². The van der Waals surface area contributed by atoms with E-state index in [9.17, 15) is 9.59 Å². The summed E-state index contributed by atoms with van der Waals surface area (Å²) in [6.45, 7) is 5.58. The van der Waals surface area contributed by atoms with Gasteiger partial charge in [-0.2, -0.15) is 9.78 Å². The van der Waals surface area contributed by atoms with Gasteiger partial charge in [0.25, 0.3) is 5.56 Å². The second-order valence-corrected chi connectivity index (χ2v) is 6.79. The van der Waals surface area contributed by atoms with Crippen molar-refractivity contribution >= 4 is 11.7 Å². The molecule has 2 aromatic rings. The molecule has 1 aliphatic rings. The molecule has 134 valence electrons. The second-order valence-electron chi connectivity index (χ2n) is 6.79. The number of amides is 1. The number of hydrogen-bond donors (Lipinski definition) is 2. The summed E-state index contributed by atoms with van der Waals surface area (Å²) in [6, 6.07) is 1.79. The summed E-state index contributed by atoms with van der Waals surface area (Å²) < 4.78 is 1.50. The monoisotopic (exact) mass is 343 g/mol. The third-order valence-electron chi connectivity index (χ3n) is 4.81. The van der Waals surface area contributed by atoms with E-state index < -0.39 is 0 Å².